The van der Waals surface area contributed by atoms with Gasteiger partial charge in [0.15, 0.2) is 0 Å². The lowest BCUT2D eigenvalue weighted by molar-refractivity contribution is -0.146. The van der Waals surface area contributed by atoms with Gasteiger partial charge in [-0.25, -0.2) is 0 Å². The molecule has 0 radical (unpaired) electrons. The average Bonchev–Trinajstić information content (AvgIpc) is 2.21. The zero-order chi connectivity index (χ0) is 13.1. The predicted octanol–water partition coefficient (Wildman–Crippen LogP) is 3.91. The van der Waals surface area contributed by atoms with Gasteiger partial charge in [-0.05, 0) is 46.5 Å². The monoisotopic (exact) mass is 238 g/mol. The summed E-state index contributed by atoms with van der Waals surface area (Å²) in [6.45, 7) is 10.1. The molecule has 0 aliphatic heterocycles. The lowest BCUT2D eigenvalue weighted by Crippen LogP contribution is -2.22. The van der Waals surface area contributed by atoms with Gasteiger partial charge in [-0.2, -0.15) is 0 Å². The van der Waals surface area contributed by atoms with E-state index in [2.05, 4.69) is 30.9 Å². The molecule has 0 aliphatic carbocycles. The molecule has 0 aromatic rings. The number of hydrogen-bond acceptors (Lipinski definition) is 2. The average molecular weight is 238 g/mol. The molecule has 2 nitrogen and oxygen atoms in total. The van der Waals surface area contributed by atoms with Crippen LogP contribution in [-0.4, -0.2) is 18.5 Å². The molecule has 0 spiro atoms. The zero-order valence-corrected chi connectivity index (χ0v) is 11.8. The highest BCUT2D eigenvalue weighted by Crippen LogP contribution is 2.03. The summed E-state index contributed by atoms with van der Waals surface area (Å²) in [5.74, 6) is 6.13. The fraction of sp³-hybridized carbons (Fsp3) is 0.733. The normalized spacial score (nSPS) is 11.5. The summed E-state index contributed by atoms with van der Waals surface area (Å²) in [6.07, 6.45) is 7.13. The Morgan fingerprint density at radius 2 is 1.59 bits per heavy atom. The van der Waals surface area contributed by atoms with Crippen molar-refractivity contribution >= 4 is 0 Å². The third-order valence-electron chi connectivity index (χ3n) is 1.85. The van der Waals surface area contributed by atoms with E-state index >= 15 is 0 Å². The van der Waals surface area contributed by atoms with Crippen molar-refractivity contribution in [3.05, 3.63) is 12.2 Å². The summed E-state index contributed by atoms with van der Waals surface area (Å²) in [4.78, 5) is 0. The quantitative estimate of drug-likeness (QED) is 0.290. The van der Waals surface area contributed by atoms with Crippen LogP contribution in [0.2, 0.25) is 0 Å². The van der Waals surface area contributed by atoms with Gasteiger partial charge >= 0.3 is 0 Å². The van der Waals surface area contributed by atoms with Crippen molar-refractivity contribution in [1.29, 1.82) is 0 Å². The smallest absolute Gasteiger partial charge is 0.222 e. The fourth-order valence-electron chi connectivity index (χ4n) is 1.19. The first-order chi connectivity index (χ1) is 8.06. The van der Waals surface area contributed by atoms with Gasteiger partial charge in [-0.3, -0.25) is 0 Å². The van der Waals surface area contributed by atoms with Crippen molar-refractivity contribution in [2.24, 2.45) is 0 Å². The minimum atomic E-state index is -0.398. The first-order valence-electron chi connectivity index (χ1n) is 6.50. The van der Waals surface area contributed by atoms with E-state index in [0.717, 1.165) is 19.3 Å². The van der Waals surface area contributed by atoms with Gasteiger partial charge in [0.1, 0.15) is 0 Å². The molecule has 0 aromatic heterocycles. The number of hydrogen-bond donors (Lipinski definition) is 0. The molecule has 17 heavy (non-hydrogen) atoms. The Labute approximate surface area is 106 Å². The highest BCUT2D eigenvalue weighted by molar-refractivity contribution is 5.03. The van der Waals surface area contributed by atoms with Crippen LogP contribution in [0.25, 0.3) is 0 Å². The van der Waals surface area contributed by atoms with Crippen molar-refractivity contribution in [2.75, 3.05) is 0 Å². The Kier molecular flexibility index (Phi) is 9.90. The van der Waals surface area contributed by atoms with E-state index in [1.54, 1.807) is 0 Å². The van der Waals surface area contributed by atoms with Gasteiger partial charge in [0, 0.05) is 6.42 Å². The number of rotatable bonds is 7. The molecule has 2 heteroatoms. The first kappa shape index (κ1) is 16.2. The van der Waals surface area contributed by atoms with E-state index in [1.165, 1.54) is 0 Å². The standard InChI is InChI=1S/C15H26O2/c1-6-7-8-9-10-11-12-15(16-13(2)3)17-14(4)5/h7-8,13-15H,6,9-10H2,1-5H3/b8-7-. The van der Waals surface area contributed by atoms with E-state index in [9.17, 15) is 0 Å². The van der Waals surface area contributed by atoms with E-state index in [1.807, 2.05) is 27.7 Å². The van der Waals surface area contributed by atoms with E-state index in [4.69, 9.17) is 9.47 Å². The maximum absolute atomic E-state index is 5.57. The minimum Gasteiger partial charge on any atom is -0.339 e. The van der Waals surface area contributed by atoms with Crippen LogP contribution in [0.3, 0.4) is 0 Å². The second-order valence-electron chi connectivity index (χ2n) is 4.44. The molecule has 0 rings (SSSR count). The SMILES string of the molecule is CC/C=C\CCC#CC(OC(C)C)OC(C)C. The van der Waals surface area contributed by atoms with Gasteiger partial charge in [0.2, 0.25) is 6.29 Å². The molecule has 0 heterocycles. The molecule has 0 unspecified atom stereocenters. The van der Waals surface area contributed by atoms with Gasteiger partial charge < -0.3 is 9.47 Å². The van der Waals surface area contributed by atoms with Crippen LogP contribution in [0.4, 0.5) is 0 Å². The molecule has 0 fully saturated rings. The Hall–Kier alpha value is -0.780. The second-order valence-corrected chi connectivity index (χ2v) is 4.44. The number of ether oxygens (including phenoxy) is 2. The fourth-order valence-corrected chi connectivity index (χ4v) is 1.19. The summed E-state index contributed by atoms with van der Waals surface area (Å²) in [5, 5.41) is 0. The van der Waals surface area contributed by atoms with E-state index in [0.29, 0.717) is 0 Å². The summed E-state index contributed by atoms with van der Waals surface area (Å²) in [5.41, 5.74) is 0. The third kappa shape index (κ3) is 11.5. The predicted molar refractivity (Wildman–Crippen MR) is 72.7 cm³/mol. The van der Waals surface area contributed by atoms with Crippen LogP contribution in [0, 0.1) is 11.8 Å². The lowest BCUT2D eigenvalue weighted by atomic mass is 10.2. The molecule has 0 saturated heterocycles. The third-order valence-corrected chi connectivity index (χ3v) is 1.85. The molecule has 0 bridgehead atoms. The zero-order valence-electron chi connectivity index (χ0n) is 11.8. The van der Waals surface area contributed by atoms with Crippen LogP contribution in [0.15, 0.2) is 12.2 Å². The second kappa shape index (κ2) is 10.4. The van der Waals surface area contributed by atoms with Crippen molar-refractivity contribution in [2.45, 2.75) is 72.4 Å². The van der Waals surface area contributed by atoms with Crippen LogP contribution in [0.1, 0.15) is 53.9 Å². The minimum absolute atomic E-state index is 0.132. The van der Waals surface area contributed by atoms with Crippen molar-refractivity contribution in [3.63, 3.8) is 0 Å². The van der Waals surface area contributed by atoms with Gasteiger partial charge in [-0.1, -0.05) is 25.0 Å². The van der Waals surface area contributed by atoms with Gasteiger partial charge in [0.25, 0.3) is 0 Å². The number of unbranched alkanes of at least 4 members (excludes halogenated alkanes) is 1. The van der Waals surface area contributed by atoms with Crippen LogP contribution < -0.4 is 0 Å². The Bertz CT molecular complexity index is 246. The van der Waals surface area contributed by atoms with Crippen LogP contribution >= 0.6 is 0 Å². The maximum Gasteiger partial charge on any atom is 0.222 e. The number of allylic oxidation sites excluding steroid dienone is 2. The Morgan fingerprint density at radius 3 is 2.06 bits per heavy atom. The molecule has 0 amide bonds. The van der Waals surface area contributed by atoms with Crippen molar-refractivity contribution < 1.29 is 9.47 Å². The molecular weight excluding hydrogens is 212 g/mol. The first-order valence-corrected chi connectivity index (χ1v) is 6.50. The maximum atomic E-state index is 5.57. The molecule has 0 aliphatic rings. The highest BCUT2D eigenvalue weighted by Gasteiger charge is 2.09. The lowest BCUT2D eigenvalue weighted by Gasteiger charge is -2.18. The summed E-state index contributed by atoms with van der Waals surface area (Å²) in [6, 6.07) is 0. The largest absolute Gasteiger partial charge is 0.339 e. The van der Waals surface area contributed by atoms with E-state index in [-0.39, 0.29) is 12.2 Å². The molecular formula is C15H26O2. The summed E-state index contributed by atoms with van der Waals surface area (Å²) < 4.78 is 11.1. The topological polar surface area (TPSA) is 18.5 Å². The van der Waals surface area contributed by atoms with Gasteiger partial charge in [0.05, 0.1) is 12.2 Å². The van der Waals surface area contributed by atoms with E-state index < -0.39 is 6.29 Å². The van der Waals surface area contributed by atoms with Crippen molar-refractivity contribution in [1.82, 2.24) is 0 Å². The molecule has 0 saturated carbocycles. The highest BCUT2D eigenvalue weighted by atomic mass is 16.7. The molecule has 0 N–H and O–H groups in total. The summed E-state index contributed by atoms with van der Waals surface area (Å²) >= 11 is 0. The van der Waals surface area contributed by atoms with Crippen LogP contribution in [0.5, 0.6) is 0 Å². The van der Waals surface area contributed by atoms with Crippen molar-refractivity contribution in [3.8, 4) is 11.8 Å². The molecule has 0 aromatic carbocycles. The van der Waals surface area contributed by atoms with Crippen LogP contribution in [-0.2, 0) is 9.47 Å². The van der Waals surface area contributed by atoms with Gasteiger partial charge in [-0.15, -0.1) is 0 Å². The molecule has 98 valence electrons. The summed E-state index contributed by atoms with van der Waals surface area (Å²) in [7, 11) is 0. The molecule has 0 atom stereocenters. The Balaban J connectivity index is 4.04. The Morgan fingerprint density at radius 1 is 1.00 bits per heavy atom.